The Bertz CT molecular complexity index is 589. The molecule has 1 amide bonds. The average molecular weight is 293 g/mol. The number of furan rings is 1. The van der Waals surface area contributed by atoms with Gasteiger partial charge < -0.3 is 14.8 Å². The second kappa shape index (κ2) is 6.47. The molecular formula is C14H15NO4S. The van der Waals surface area contributed by atoms with Crippen LogP contribution in [0.5, 0.6) is 0 Å². The standard InChI is InChI=1S/C14H15NO4S/c1-9(15-13(16)7-20-8-14(17)18)12-6-10-4-2-3-5-11(10)19-12/h2-6,9H,7-8H2,1H3,(H,15,16)(H,17,18)/t9-/m0/s1. The van der Waals surface area contributed by atoms with Gasteiger partial charge in [0.1, 0.15) is 11.3 Å². The summed E-state index contributed by atoms with van der Waals surface area (Å²) in [6, 6.07) is 9.27. The van der Waals surface area contributed by atoms with Crippen molar-refractivity contribution in [3.8, 4) is 0 Å². The van der Waals surface area contributed by atoms with Gasteiger partial charge >= 0.3 is 5.97 Å². The number of hydrogen-bond donors (Lipinski definition) is 2. The summed E-state index contributed by atoms with van der Waals surface area (Å²) in [4.78, 5) is 22.0. The first-order valence-electron chi connectivity index (χ1n) is 6.13. The summed E-state index contributed by atoms with van der Waals surface area (Å²) in [5, 5.41) is 12.3. The van der Waals surface area contributed by atoms with Gasteiger partial charge in [0, 0.05) is 5.39 Å². The fourth-order valence-corrected chi connectivity index (χ4v) is 2.35. The minimum Gasteiger partial charge on any atom is -0.481 e. The highest BCUT2D eigenvalue weighted by molar-refractivity contribution is 8.00. The highest BCUT2D eigenvalue weighted by atomic mass is 32.2. The Labute approximate surface area is 120 Å². The number of carboxylic acids is 1. The number of carboxylic acid groups (broad SMARTS) is 1. The van der Waals surface area contributed by atoms with Crippen molar-refractivity contribution in [2.24, 2.45) is 0 Å². The molecule has 2 aromatic rings. The second-order valence-corrected chi connectivity index (χ2v) is 5.35. The number of hydrogen-bond acceptors (Lipinski definition) is 4. The smallest absolute Gasteiger partial charge is 0.313 e. The van der Waals surface area contributed by atoms with Crippen molar-refractivity contribution in [2.45, 2.75) is 13.0 Å². The van der Waals surface area contributed by atoms with Gasteiger partial charge in [-0.25, -0.2) is 0 Å². The van der Waals surface area contributed by atoms with Crippen molar-refractivity contribution in [2.75, 3.05) is 11.5 Å². The molecule has 2 N–H and O–H groups in total. The molecule has 0 fully saturated rings. The van der Waals surface area contributed by atoms with Crippen LogP contribution in [0.1, 0.15) is 18.7 Å². The maximum atomic E-state index is 11.7. The lowest BCUT2D eigenvalue weighted by molar-refractivity contribution is -0.133. The Kier molecular flexibility index (Phi) is 4.68. The van der Waals surface area contributed by atoms with E-state index in [2.05, 4.69) is 5.32 Å². The lowest BCUT2D eigenvalue weighted by atomic mass is 10.2. The fraction of sp³-hybridized carbons (Fsp3) is 0.286. The molecule has 0 spiro atoms. The zero-order chi connectivity index (χ0) is 14.5. The van der Waals surface area contributed by atoms with Crippen molar-refractivity contribution in [3.63, 3.8) is 0 Å². The molecule has 0 aliphatic carbocycles. The van der Waals surface area contributed by atoms with Crippen LogP contribution in [-0.4, -0.2) is 28.5 Å². The Balaban J connectivity index is 1.92. The van der Waals surface area contributed by atoms with E-state index in [1.165, 1.54) is 0 Å². The Morgan fingerprint density at radius 1 is 1.35 bits per heavy atom. The van der Waals surface area contributed by atoms with Crippen LogP contribution in [0.3, 0.4) is 0 Å². The topological polar surface area (TPSA) is 79.5 Å². The van der Waals surface area contributed by atoms with E-state index in [1.54, 1.807) is 0 Å². The van der Waals surface area contributed by atoms with Gasteiger partial charge in [0.15, 0.2) is 0 Å². The molecule has 20 heavy (non-hydrogen) atoms. The van der Waals surface area contributed by atoms with E-state index in [9.17, 15) is 9.59 Å². The molecule has 106 valence electrons. The monoisotopic (exact) mass is 293 g/mol. The summed E-state index contributed by atoms with van der Waals surface area (Å²) in [6.45, 7) is 1.83. The summed E-state index contributed by atoms with van der Waals surface area (Å²) in [5.74, 6) is -0.399. The fourth-order valence-electron chi connectivity index (χ4n) is 1.80. The summed E-state index contributed by atoms with van der Waals surface area (Å²) < 4.78 is 5.66. The Morgan fingerprint density at radius 2 is 2.10 bits per heavy atom. The lowest BCUT2D eigenvalue weighted by Crippen LogP contribution is -2.28. The van der Waals surface area contributed by atoms with Crippen LogP contribution in [0.25, 0.3) is 11.0 Å². The quantitative estimate of drug-likeness (QED) is 0.855. The van der Waals surface area contributed by atoms with E-state index in [0.29, 0.717) is 5.76 Å². The third kappa shape index (κ3) is 3.77. The molecule has 1 atom stereocenters. The van der Waals surface area contributed by atoms with Gasteiger partial charge in [-0.3, -0.25) is 9.59 Å². The van der Waals surface area contributed by atoms with Crippen molar-refractivity contribution in [3.05, 3.63) is 36.1 Å². The first kappa shape index (κ1) is 14.5. The van der Waals surface area contributed by atoms with Crippen LogP contribution in [-0.2, 0) is 9.59 Å². The SMILES string of the molecule is C[C@H](NC(=O)CSCC(=O)O)c1cc2ccccc2o1. The Hall–Kier alpha value is -1.95. The van der Waals surface area contributed by atoms with Crippen LogP contribution in [0.2, 0.25) is 0 Å². The second-order valence-electron chi connectivity index (χ2n) is 4.36. The Morgan fingerprint density at radius 3 is 2.80 bits per heavy atom. The lowest BCUT2D eigenvalue weighted by Gasteiger charge is -2.10. The molecule has 0 saturated carbocycles. The maximum absolute atomic E-state index is 11.7. The van der Waals surface area contributed by atoms with Crippen LogP contribution < -0.4 is 5.32 Å². The van der Waals surface area contributed by atoms with Crippen molar-refractivity contribution < 1.29 is 19.1 Å². The number of carbonyl (C=O) groups is 2. The number of fused-ring (bicyclic) bond motifs is 1. The molecule has 2 rings (SSSR count). The molecule has 5 nitrogen and oxygen atoms in total. The number of para-hydroxylation sites is 1. The number of thioether (sulfide) groups is 1. The third-order valence-electron chi connectivity index (χ3n) is 2.71. The molecule has 1 aromatic carbocycles. The van der Waals surface area contributed by atoms with Crippen LogP contribution in [0.15, 0.2) is 34.7 Å². The summed E-state index contributed by atoms with van der Waals surface area (Å²) in [7, 11) is 0. The first-order chi connectivity index (χ1) is 9.56. The maximum Gasteiger partial charge on any atom is 0.313 e. The molecule has 6 heteroatoms. The van der Waals surface area contributed by atoms with E-state index in [1.807, 2.05) is 37.3 Å². The number of rotatable bonds is 6. The molecule has 0 radical (unpaired) electrons. The molecule has 0 aliphatic heterocycles. The van der Waals surface area contributed by atoms with Crippen LogP contribution >= 0.6 is 11.8 Å². The number of aliphatic carboxylic acids is 1. The molecule has 1 aromatic heterocycles. The van der Waals surface area contributed by atoms with Crippen LogP contribution in [0, 0.1) is 0 Å². The summed E-state index contributed by atoms with van der Waals surface area (Å²) in [5.41, 5.74) is 0.781. The predicted octanol–water partition coefficient (Wildman–Crippen LogP) is 2.43. The highest BCUT2D eigenvalue weighted by Crippen LogP contribution is 2.23. The minimum atomic E-state index is -0.923. The summed E-state index contributed by atoms with van der Waals surface area (Å²) >= 11 is 1.07. The van der Waals surface area contributed by atoms with Gasteiger partial charge in [-0.05, 0) is 19.1 Å². The normalized spacial score (nSPS) is 12.2. The average Bonchev–Trinajstić information content (AvgIpc) is 2.82. The van der Waals surface area contributed by atoms with Gasteiger partial charge in [-0.1, -0.05) is 18.2 Å². The largest absolute Gasteiger partial charge is 0.481 e. The molecular weight excluding hydrogens is 278 g/mol. The van der Waals surface area contributed by atoms with Crippen LogP contribution in [0.4, 0.5) is 0 Å². The summed E-state index contributed by atoms with van der Waals surface area (Å²) in [6.07, 6.45) is 0. The van der Waals surface area contributed by atoms with Gasteiger partial charge in [0.05, 0.1) is 17.5 Å². The zero-order valence-electron chi connectivity index (χ0n) is 11.0. The predicted molar refractivity (Wildman–Crippen MR) is 77.7 cm³/mol. The number of benzene rings is 1. The van der Waals surface area contributed by atoms with Crippen molar-refractivity contribution in [1.29, 1.82) is 0 Å². The van der Waals surface area contributed by atoms with E-state index >= 15 is 0 Å². The molecule has 1 heterocycles. The van der Waals surface area contributed by atoms with Gasteiger partial charge in [0.2, 0.25) is 5.91 Å². The van der Waals surface area contributed by atoms with Gasteiger partial charge in [-0.15, -0.1) is 11.8 Å². The number of nitrogens with one attached hydrogen (secondary N) is 1. The van der Waals surface area contributed by atoms with E-state index in [4.69, 9.17) is 9.52 Å². The molecule has 0 unspecified atom stereocenters. The van der Waals surface area contributed by atoms with E-state index < -0.39 is 5.97 Å². The highest BCUT2D eigenvalue weighted by Gasteiger charge is 2.14. The first-order valence-corrected chi connectivity index (χ1v) is 7.29. The van der Waals surface area contributed by atoms with E-state index in [0.717, 1.165) is 22.7 Å². The van der Waals surface area contributed by atoms with Gasteiger partial charge in [-0.2, -0.15) is 0 Å². The number of amides is 1. The van der Waals surface area contributed by atoms with Crippen molar-refractivity contribution in [1.82, 2.24) is 5.32 Å². The number of carbonyl (C=O) groups excluding carboxylic acids is 1. The van der Waals surface area contributed by atoms with E-state index in [-0.39, 0.29) is 23.5 Å². The minimum absolute atomic E-state index is 0.0769. The molecule has 0 saturated heterocycles. The zero-order valence-corrected chi connectivity index (χ0v) is 11.8. The third-order valence-corrected chi connectivity index (χ3v) is 3.62. The van der Waals surface area contributed by atoms with Crippen molar-refractivity contribution >= 4 is 34.6 Å². The molecule has 0 aliphatic rings. The molecule has 0 bridgehead atoms. The van der Waals surface area contributed by atoms with Gasteiger partial charge in [0.25, 0.3) is 0 Å².